The van der Waals surface area contributed by atoms with E-state index in [-0.39, 0.29) is 0 Å². The Morgan fingerprint density at radius 2 is 1.22 bits per heavy atom. The molecule has 0 bridgehead atoms. The average Bonchev–Trinajstić information content (AvgIpc) is 3.52. The van der Waals surface area contributed by atoms with E-state index in [1.165, 1.54) is 115 Å². The summed E-state index contributed by atoms with van der Waals surface area (Å²) in [5.41, 5.74) is 2.89. The molecule has 0 aliphatic carbocycles. The van der Waals surface area contributed by atoms with Gasteiger partial charge in [-0.2, -0.15) is 0 Å². The van der Waals surface area contributed by atoms with Crippen molar-refractivity contribution < 1.29 is 0 Å². The first-order valence-corrected chi connectivity index (χ1v) is 16.2. The van der Waals surface area contributed by atoms with Crippen LogP contribution in [0.4, 0.5) is 0 Å². The van der Waals surface area contributed by atoms with Crippen molar-refractivity contribution in [2.75, 3.05) is 0 Å². The third kappa shape index (κ3) is 5.18. The first kappa shape index (κ1) is 24.0. The van der Waals surface area contributed by atoms with Gasteiger partial charge in [-0.25, -0.2) is 0 Å². The van der Waals surface area contributed by atoms with Crippen LogP contribution in [0.3, 0.4) is 0 Å². The predicted octanol–water partition coefficient (Wildman–Crippen LogP) is 10.8. The van der Waals surface area contributed by atoms with Gasteiger partial charge < -0.3 is 0 Å². The van der Waals surface area contributed by atoms with Crippen LogP contribution in [0.15, 0.2) is 78.2 Å². The summed E-state index contributed by atoms with van der Waals surface area (Å²) in [5.74, 6) is 0. The molecule has 4 aromatic carbocycles. The normalized spacial score (nSPS) is 11.9. The molecule has 182 valence electrons. The molecule has 0 atom stereocenters. The number of unbranched alkanes of at least 4 members (excludes halogenated alkanes) is 7. The molecular formula is C34H34SSe. The molecule has 0 spiro atoms. The molecule has 0 aliphatic heterocycles. The number of aryl methyl sites for hydroxylation is 1. The van der Waals surface area contributed by atoms with Gasteiger partial charge in [-0.3, -0.25) is 0 Å². The average molecular weight is 554 g/mol. The van der Waals surface area contributed by atoms with Crippen molar-refractivity contribution >= 4 is 67.1 Å². The molecule has 0 nitrogen and oxygen atoms in total. The molecular weight excluding hydrogens is 519 g/mol. The zero-order chi connectivity index (χ0) is 24.3. The number of thiophene rings is 1. The summed E-state index contributed by atoms with van der Waals surface area (Å²) < 4.78 is 4.40. The topological polar surface area (TPSA) is 0 Å². The molecule has 6 aromatic rings. The fraction of sp³-hybridized carbons (Fsp3) is 0.294. The van der Waals surface area contributed by atoms with E-state index in [1.807, 2.05) is 11.3 Å². The Morgan fingerprint density at radius 1 is 0.583 bits per heavy atom. The van der Waals surface area contributed by atoms with Crippen LogP contribution in [-0.4, -0.2) is 14.5 Å². The predicted molar refractivity (Wildman–Crippen MR) is 163 cm³/mol. The quantitative estimate of drug-likeness (QED) is 0.0899. The molecule has 0 aliphatic rings. The van der Waals surface area contributed by atoms with E-state index in [2.05, 4.69) is 85.1 Å². The second-order valence-electron chi connectivity index (χ2n) is 10.3. The SMILES string of the molecule is CCCCCCCCCCc1ccc(-c2cc3cc4cc5cc6sccc6cc5cc4cc3[se]2)cc1. The van der Waals surface area contributed by atoms with Crippen LogP contribution in [0.2, 0.25) is 0 Å². The van der Waals surface area contributed by atoms with Crippen molar-refractivity contribution in [1.29, 1.82) is 0 Å². The van der Waals surface area contributed by atoms with Crippen LogP contribution in [0.25, 0.3) is 51.3 Å². The standard InChI is InChI=1S/C34H34SSe/c1-2-3-4-5-6-7-8-9-10-24-11-13-25(14-12-24)33-23-31-20-28-18-29-21-32-26(15-16-35-32)17-27(29)19-30(28)22-34(31)36-33/h11-23H,2-10H2,1H3. The Balaban J connectivity index is 1.16. The van der Waals surface area contributed by atoms with E-state index in [4.69, 9.17) is 0 Å². The molecule has 0 amide bonds. The molecule has 6 rings (SSSR count). The third-order valence-electron chi connectivity index (χ3n) is 7.56. The van der Waals surface area contributed by atoms with Crippen molar-refractivity contribution in [2.24, 2.45) is 0 Å². The van der Waals surface area contributed by atoms with E-state index in [0.29, 0.717) is 14.5 Å². The molecule has 0 saturated heterocycles. The van der Waals surface area contributed by atoms with Gasteiger partial charge in [0.05, 0.1) is 0 Å². The monoisotopic (exact) mass is 554 g/mol. The second-order valence-corrected chi connectivity index (χ2v) is 13.5. The van der Waals surface area contributed by atoms with E-state index >= 15 is 0 Å². The van der Waals surface area contributed by atoms with Crippen molar-refractivity contribution in [2.45, 2.75) is 64.7 Å². The van der Waals surface area contributed by atoms with Crippen LogP contribution in [0.5, 0.6) is 0 Å². The van der Waals surface area contributed by atoms with E-state index in [0.717, 1.165) is 0 Å². The summed E-state index contributed by atoms with van der Waals surface area (Å²) in [4.78, 5) is 0. The van der Waals surface area contributed by atoms with Gasteiger partial charge in [-0.15, -0.1) is 0 Å². The molecule has 0 fully saturated rings. The Morgan fingerprint density at radius 3 is 2.00 bits per heavy atom. The minimum absolute atomic E-state index is 0.370. The van der Waals surface area contributed by atoms with Gasteiger partial charge in [0.15, 0.2) is 0 Å². The molecule has 0 saturated carbocycles. The molecule has 36 heavy (non-hydrogen) atoms. The minimum atomic E-state index is 0.370. The van der Waals surface area contributed by atoms with Gasteiger partial charge in [-0.1, -0.05) is 19.8 Å². The number of benzene rings is 4. The Bertz CT molecular complexity index is 1530. The first-order chi connectivity index (χ1) is 17.8. The fourth-order valence-corrected chi connectivity index (χ4v) is 8.56. The van der Waals surface area contributed by atoms with E-state index in [9.17, 15) is 0 Å². The summed E-state index contributed by atoms with van der Waals surface area (Å²) >= 11 is 2.20. The number of hydrogen-bond donors (Lipinski definition) is 0. The number of hydrogen-bond acceptors (Lipinski definition) is 1. The molecule has 2 aromatic heterocycles. The molecule has 0 unspecified atom stereocenters. The van der Waals surface area contributed by atoms with Crippen LogP contribution in [0, 0.1) is 0 Å². The zero-order valence-corrected chi connectivity index (χ0v) is 23.7. The molecule has 0 radical (unpaired) electrons. The summed E-state index contributed by atoms with van der Waals surface area (Å²) in [7, 11) is 0. The van der Waals surface area contributed by atoms with Crippen molar-refractivity contribution in [3.63, 3.8) is 0 Å². The van der Waals surface area contributed by atoms with Crippen LogP contribution < -0.4 is 0 Å². The Labute approximate surface area is 224 Å². The number of rotatable bonds is 10. The maximum absolute atomic E-state index is 2.45. The summed E-state index contributed by atoms with van der Waals surface area (Å²) in [6.07, 6.45) is 12.3. The van der Waals surface area contributed by atoms with Gasteiger partial charge in [0.2, 0.25) is 0 Å². The van der Waals surface area contributed by atoms with Crippen LogP contribution >= 0.6 is 11.3 Å². The molecule has 0 N–H and O–H groups in total. The number of fused-ring (bicyclic) bond motifs is 4. The van der Waals surface area contributed by atoms with Crippen molar-refractivity contribution in [3.05, 3.63) is 83.7 Å². The van der Waals surface area contributed by atoms with Crippen LogP contribution in [-0.2, 0) is 6.42 Å². The zero-order valence-electron chi connectivity index (χ0n) is 21.2. The summed E-state index contributed by atoms with van der Waals surface area (Å²) in [6.45, 7) is 2.29. The van der Waals surface area contributed by atoms with E-state index in [1.54, 1.807) is 0 Å². The van der Waals surface area contributed by atoms with Gasteiger partial charge >= 0.3 is 206 Å². The fourth-order valence-electron chi connectivity index (χ4n) is 5.44. The van der Waals surface area contributed by atoms with Gasteiger partial charge in [0.25, 0.3) is 0 Å². The second kappa shape index (κ2) is 10.9. The van der Waals surface area contributed by atoms with Gasteiger partial charge in [0, 0.05) is 0 Å². The Kier molecular flexibility index (Phi) is 7.28. The summed E-state index contributed by atoms with van der Waals surface area (Å²) in [6, 6.07) is 28.4. The van der Waals surface area contributed by atoms with E-state index < -0.39 is 0 Å². The third-order valence-corrected chi connectivity index (χ3v) is 10.8. The van der Waals surface area contributed by atoms with Crippen molar-refractivity contribution in [3.8, 4) is 10.0 Å². The molecule has 2 heteroatoms. The maximum atomic E-state index is 2.45. The van der Waals surface area contributed by atoms with Gasteiger partial charge in [-0.05, 0) is 0 Å². The van der Waals surface area contributed by atoms with Crippen LogP contribution in [0.1, 0.15) is 63.9 Å². The first-order valence-electron chi connectivity index (χ1n) is 13.6. The molecule has 2 heterocycles. The summed E-state index contributed by atoms with van der Waals surface area (Å²) in [5, 5.41) is 10.4. The Hall–Kier alpha value is -2.38. The van der Waals surface area contributed by atoms with Crippen molar-refractivity contribution in [1.82, 2.24) is 0 Å². The van der Waals surface area contributed by atoms with Gasteiger partial charge in [0.1, 0.15) is 0 Å².